The molecular formula is C20H27N3O6. The lowest BCUT2D eigenvalue weighted by atomic mass is 10.1. The molecular weight excluding hydrogens is 378 g/mol. The Labute approximate surface area is 169 Å². The van der Waals surface area contributed by atoms with Crippen molar-refractivity contribution in [1.82, 2.24) is 4.90 Å². The van der Waals surface area contributed by atoms with E-state index in [-0.39, 0.29) is 37.5 Å². The van der Waals surface area contributed by atoms with Gasteiger partial charge in [-0.3, -0.25) is 14.4 Å². The first-order valence-electron chi connectivity index (χ1n) is 9.61. The van der Waals surface area contributed by atoms with Gasteiger partial charge in [-0.1, -0.05) is 0 Å². The number of aliphatic carboxylic acids is 1. The van der Waals surface area contributed by atoms with Crippen LogP contribution >= 0.6 is 0 Å². The molecule has 2 aliphatic heterocycles. The molecule has 1 fully saturated rings. The Balaban J connectivity index is 1.74. The van der Waals surface area contributed by atoms with Crippen LogP contribution in [0.5, 0.6) is 0 Å². The van der Waals surface area contributed by atoms with Crippen LogP contribution in [0.1, 0.15) is 35.2 Å². The molecule has 1 aromatic rings. The Kier molecular flexibility index (Phi) is 6.39. The Morgan fingerprint density at radius 1 is 1.31 bits per heavy atom. The Bertz CT molecular complexity index is 794. The summed E-state index contributed by atoms with van der Waals surface area (Å²) in [5, 5.41) is 8.90. The molecule has 158 valence electrons. The van der Waals surface area contributed by atoms with Gasteiger partial charge in [0.2, 0.25) is 5.91 Å². The summed E-state index contributed by atoms with van der Waals surface area (Å²) in [6.45, 7) is 1.88. The number of nitrogens with zero attached hydrogens (tertiary/aromatic N) is 2. The number of anilines is 1. The van der Waals surface area contributed by atoms with Crippen molar-refractivity contribution in [3.8, 4) is 0 Å². The first-order chi connectivity index (χ1) is 13.8. The molecule has 2 amide bonds. The van der Waals surface area contributed by atoms with Gasteiger partial charge >= 0.3 is 5.97 Å². The van der Waals surface area contributed by atoms with E-state index in [0.717, 1.165) is 30.8 Å². The van der Waals surface area contributed by atoms with Gasteiger partial charge in [-0.25, -0.2) is 0 Å². The third-order valence-corrected chi connectivity index (χ3v) is 5.70. The Morgan fingerprint density at radius 3 is 2.66 bits per heavy atom. The molecule has 0 aliphatic carbocycles. The van der Waals surface area contributed by atoms with E-state index < -0.39 is 17.9 Å². The number of amides is 2. The molecule has 0 aromatic heterocycles. The molecule has 1 aromatic carbocycles. The highest BCUT2D eigenvalue weighted by molar-refractivity contribution is 6.01. The van der Waals surface area contributed by atoms with Crippen LogP contribution in [-0.4, -0.2) is 67.4 Å². The van der Waals surface area contributed by atoms with Crippen molar-refractivity contribution in [3.05, 3.63) is 29.3 Å². The highest BCUT2D eigenvalue weighted by Crippen LogP contribution is 2.32. The molecule has 2 heterocycles. The van der Waals surface area contributed by atoms with Gasteiger partial charge in [-0.2, -0.15) is 0 Å². The van der Waals surface area contributed by atoms with E-state index >= 15 is 0 Å². The molecule has 3 rings (SSSR count). The number of carbonyl (C=O) groups excluding carboxylic acids is 2. The van der Waals surface area contributed by atoms with E-state index in [1.807, 2.05) is 12.1 Å². The number of hydrogen-bond donors (Lipinski definition) is 2. The number of methoxy groups -OCH3 is 2. The van der Waals surface area contributed by atoms with Gasteiger partial charge in [0.25, 0.3) is 5.91 Å². The van der Waals surface area contributed by atoms with Crippen molar-refractivity contribution in [2.75, 3.05) is 32.2 Å². The first-order valence-corrected chi connectivity index (χ1v) is 9.61. The average molecular weight is 405 g/mol. The lowest BCUT2D eigenvalue weighted by Gasteiger charge is -2.24. The highest BCUT2D eigenvalue weighted by Gasteiger charge is 2.36. The average Bonchev–Trinajstić information content (AvgIpc) is 3.28. The minimum atomic E-state index is -1.03. The molecule has 9 heteroatoms. The number of nitrogens with two attached hydrogens (primary N) is 1. The fourth-order valence-electron chi connectivity index (χ4n) is 4.22. The SMILES string of the molecule is COC(OC)[C@@H]1CCN(c2ccc3c(c2)CN([C@@H](CCC(=O)O)C(N)=O)C3=O)C1. The van der Waals surface area contributed by atoms with Gasteiger partial charge in [-0.15, -0.1) is 0 Å². The van der Waals surface area contributed by atoms with Crippen LogP contribution in [0.15, 0.2) is 18.2 Å². The molecule has 0 saturated carbocycles. The van der Waals surface area contributed by atoms with Crippen molar-refractivity contribution < 1.29 is 29.0 Å². The third kappa shape index (κ3) is 4.35. The quantitative estimate of drug-likeness (QED) is 0.583. The van der Waals surface area contributed by atoms with Gasteiger partial charge in [-0.05, 0) is 36.6 Å². The normalized spacial score (nSPS) is 19.7. The van der Waals surface area contributed by atoms with E-state index in [9.17, 15) is 14.4 Å². The molecule has 0 radical (unpaired) electrons. The number of fused-ring (bicyclic) bond motifs is 1. The van der Waals surface area contributed by atoms with E-state index in [0.29, 0.717) is 5.56 Å². The predicted octanol–water partition coefficient (Wildman–Crippen LogP) is 0.806. The number of carboxylic acids is 1. The molecule has 9 nitrogen and oxygen atoms in total. The number of hydrogen-bond acceptors (Lipinski definition) is 6. The first kappa shape index (κ1) is 21.1. The number of carboxylic acid groups (broad SMARTS) is 1. The van der Waals surface area contributed by atoms with Crippen LogP contribution < -0.4 is 10.6 Å². The van der Waals surface area contributed by atoms with Crippen molar-refractivity contribution >= 4 is 23.5 Å². The van der Waals surface area contributed by atoms with Crippen LogP contribution in [0.25, 0.3) is 0 Å². The number of ether oxygens (including phenoxy) is 2. The van der Waals surface area contributed by atoms with Crippen LogP contribution in [0.2, 0.25) is 0 Å². The molecule has 1 saturated heterocycles. The molecule has 3 N–H and O–H groups in total. The maximum Gasteiger partial charge on any atom is 0.303 e. The number of benzene rings is 1. The van der Waals surface area contributed by atoms with E-state index in [4.69, 9.17) is 20.3 Å². The van der Waals surface area contributed by atoms with Crippen LogP contribution in [0, 0.1) is 5.92 Å². The lowest BCUT2D eigenvalue weighted by Crippen LogP contribution is -2.45. The second kappa shape index (κ2) is 8.79. The van der Waals surface area contributed by atoms with Gasteiger partial charge in [0, 0.05) is 57.4 Å². The largest absolute Gasteiger partial charge is 0.481 e. The number of rotatable bonds is 9. The minimum Gasteiger partial charge on any atom is -0.481 e. The lowest BCUT2D eigenvalue weighted by molar-refractivity contribution is -0.137. The van der Waals surface area contributed by atoms with Crippen molar-refractivity contribution in [2.24, 2.45) is 11.7 Å². The van der Waals surface area contributed by atoms with Gasteiger partial charge < -0.3 is 30.1 Å². The van der Waals surface area contributed by atoms with E-state index in [2.05, 4.69) is 4.90 Å². The minimum absolute atomic E-state index is 0.000477. The van der Waals surface area contributed by atoms with Gasteiger partial charge in [0.1, 0.15) is 6.04 Å². The summed E-state index contributed by atoms with van der Waals surface area (Å²) in [5.41, 5.74) is 7.77. The van der Waals surface area contributed by atoms with Crippen molar-refractivity contribution in [1.29, 1.82) is 0 Å². The standard InChI is InChI=1S/C20H27N3O6/c1-28-20(29-2)12-7-8-22(10-12)14-3-4-15-13(9-14)11-23(19(15)27)16(18(21)26)5-6-17(24)25/h3-4,9,12,16,20H,5-8,10-11H2,1-2H3,(H2,21,26)(H,24,25)/t12-,16+/m1/s1. The zero-order chi connectivity index (χ0) is 21.1. The van der Waals surface area contributed by atoms with Crippen LogP contribution in [0.4, 0.5) is 5.69 Å². The second-order valence-electron chi connectivity index (χ2n) is 7.46. The third-order valence-electron chi connectivity index (χ3n) is 5.70. The smallest absolute Gasteiger partial charge is 0.303 e. The Hall–Kier alpha value is -2.65. The highest BCUT2D eigenvalue weighted by atomic mass is 16.7. The topological polar surface area (TPSA) is 122 Å². The molecule has 0 bridgehead atoms. The number of primary amides is 1. The summed E-state index contributed by atoms with van der Waals surface area (Å²) < 4.78 is 10.7. The number of carbonyl (C=O) groups is 3. The summed E-state index contributed by atoms with van der Waals surface area (Å²) in [5.74, 6) is -1.76. The summed E-state index contributed by atoms with van der Waals surface area (Å²) in [6, 6.07) is 4.68. The fourth-order valence-corrected chi connectivity index (χ4v) is 4.22. The fraction of sp³-hybridized carbons (Fsp3) is 0.550. The van der Waals surface area contributed by atoms with Gasteiger partial charge in [0.15, 0.2) is 6.29 Å². The molecule has 0 spiro atoms. The monoisotopic (exact) mass is 405 g/mol. The summed E-state index contributed by atoms with van der Waals surface area (Å²) in [4.78, 5) is 39.1. The van der Waals surface area contributed by atoms with Crippen molar-refractivity contribution in [2.45, 2.75) is 38.1 Å². The zero-order valence-electron chi connectivity index (χ0n) is 16.7. The Morgan fingerprint density at radius 2 is 2.03 bits per heavy atom. The predicted molar refractivity (Wildman–Crippen MR) is 104 cm³/mol. The van der Waals surface area contributed by atoms with E-state index in [1.165, 1.54) is 4.90 Å². The maximum atomic E-state index is 12.8. The zero-order valence-corrected chi connectivity index (χ0v) is 16.7. The maximum absolute atomic E-state index is 12.8. The molecule has 29 heavy (non-hydrogen) atoms. The van der Waals surface area contributed by atoms with Crippen LogP contribution in [0.3, 0.4) is 0 Å². The second-order valence-corrected chi connectivity index (χ2v) is 7.46. The van der Waals surface area contributed by atoms with Gasteiger partial charge in [0.05, 0.1) is 0 Å². The molecule has 2 aliphatic rings. The molecule has 2 atom stereocenters. The van der Waals surface area contributed by atoms with Crippen LogP contribution in [-0.2, 0) is 25.6 Å². The molecule has 0 unspecified atom stereocenters. The summed E-state index contributed by atoms with van der Waals surface area (Å²) in [6.07, 6.45) is 0.458. The summed E-state index contributed by atoms with van der Waals surface area (Å²) in [7, 11) is 3.26. The summed E-state index contributed by atoms with van der Waals surface area (Å²) >= 11 is 0. The van der Waals surface area contributed by atoms with E-state index in [1.54, 1.807) is 20.3 Å². The van der Waals surface area contributed by atoms with Crippen molar-refractivity contribution in [3.63, 3.8) is 0 Å².